The Morgan fingerprint density at radius 1 is 1.17 bits per heavy atom. The number of nitrogens with zero attached hydrogens (tertiary/aromatic N) is 1. The summed E-state index contributed by atoms with van der Waals surface area (Å²) in [6, 6.07) is 3.90. The van der Waals surface area contributed by atoms with Gasteiger partial charge in [-0.05, 0) is 44.2 Å². The van der Waals surface area contributed by atoms with Gasteiger partial charge >= 0.3 is 0 Å². The van der Waals surface area contributed by atoms with Crippen LogP contribution >= 0.6 is 0 Å². The summed E-state index contributed by atoms with van der Waals surface area (Å²) in [5, 5.41) is 0. The number of aromatic nitrogens is 1. The molecule has 1 heterocycles. The van der Waals surface area contributed by atoms with Crippen LogP contribution in [0.2, 0.25) is 0 Å². The molecule has 0 atom stereocenters. The van der Waals surface area contributed by atoms with Gasteiger partial charge in [-0.25, -0.2) is 4.98 Å². The number of hydrogen-bond donors (Lipinski definition) is 0. The molecule has 0 radical (unpaired) electrons. The fourth-order valence-electron chi connectivity index (χ4n) is 2.58. The molecule has 1 aromatic heterocycles. The van der Waals surface area contributed by atoms with Crippen molar-refractivity contribution in [3.05, 3.63) is 24.0 Å². The fraction of sp³-hybridized carbons (Fsp3) is 0.650. The summed E-state index contributed by atoms with van der Waals surface area (Å²) in [4.78, 5) is 4.36. The molecule has 23 heavy (non-hydrogen) atoms. The minimum atomic E-state index is 0.258. The van der Waals surface area contributed by atoms with Crippen LogP contribution in [0.3, 0.4) is 0 Å². The van der Waals surface area contributed by atoms with E-state index in [-0.39, 0.29) is 6.10 Å². The minimum absolute atomic E-state index is 0.258. The molecular weight excluding hydrogens is 286 g/mol. The van der Waals surface area contributed by atoms with E-state index in [1.54, 1.807) is 6.20 Å². The number of ether oxygens (including phenoxy) is 2. The highest BCUT2D eigenvalue weighted by Crippen LogP contribution is 2.28. The summed E-state index contributed by atoms with van der Waals surface area (Å²) >= 11 is 0. The predicted octanol–water partition coefficient (Wildman–Crippen LogP) is 4.59. The van der Waals surface area contributed by atoms with Crippen LogP contribution < -0.4 is 4.74 Å². The first-order valence-corrected chi connectivity index (χ1v) is 8.80. The van der Waals surface area contributed by atoms with Crippen LogP contribution in [0, 0.1) is 17.8 Å². The van der Waals surface area contributed by atoms with Gasteiger partial charge in [0, 0.05) is 19.3 Å². The van der Waals surface area contributed by atoms with Gasteiger partial charge in [-0.1, -0.05) is 26.2 Å². The number of rotatable bonds is 7. The maximum Gasteiger partial charge on any atom is 0.138 e. The number of pyridine rings is 1. The van der Waals surface area contributed by atoms with Crippen molar-refractivity contribution in [1.29, 1.82) is 0 Å². The van der Waals surface area contributed by atoms with E-state index in [1.165, 1.54) is 6.42 Å². The lowest BCUT2D eigenvalue weighted by Gasteiger charge is -2.36. The van der Waals surface area contributed by atoms with E-state index in [0.29, 0.717) is 12.2 Å². The summed E-state index contributed by atoms with van der Waals surface area (Å²) in [5.74, 6) is 7.89. The highest BCUT2D eigenvalue weighted by molar-refractivity contribution is 5.31. The average molecular weight is 315 g/mol. The topological polar surface area (TPSA) is 31.4 Å². The largest absolute Gasteiger partial charge is 0.489 e. The van der Waals surface area contributed by atoms with E-state index in [2.05, 4.69) is 44.5 Å². The molecular formula is C20H29NO2. The maximum atomic E-state index is 5.90. The molecule has 3 heteroatoms. The van der Waals surface area contributed by atoms with Crippen molar-refractivity contribution in [2.45, 2.75) is 78.1 Å². The highest BCUT2D eigenvalue weighted by atomic mass is 16.5. The van der Waals surface area contributed by atoms with E-state index < -0.39 is 0 Å². The molecule has 1 fully saturated rings. The fourth-order valence-corrected chi connectivity index (χ4v) is 2.58. The van der Waals surface area contributed by atoms with Crippen LogP contribution in [0.4, 0.5) is 0 Å². The van der Waals surface area contributed by atoms with Gasteiger partial charge in [-0.15, -0.1) is 0 Å². The standard InChI is InChI=1S/C20H29NO2/c1-15(2)8-6-5-7-9-17-10-11-18(14-21-17)23-20-12-19(13-20)22-16(3)4/h10-11,14-16,19-20H,5-6,8,12-13H2,1-4H3/t19-,20-. The molecule has 0 saturated heterocycles. The lowest BCUT2D eigenvalue weighted by Crippen LogP contribution is -2.40. The zero-order chi connectivity index (χ0) is 16.7. The SMILES string of the molecule is CC(C)CCCC#Cc1ccc(O[C@H]2C[C@H](OC(C)C)C2)cn1. The Morgan fingerprint density at radius 2 is 1.96 bits per heavy atom. The van der Waals surface area contributed by atoms with Crippen LogP contribution in [0.1, 0.15) is 65.5 Å². The van der Waals surface area contributed by atoms with E-state index in [4.69, 9.17) is 9.47 Å². The van der Waals surface area contributed by atoms with Crippen molar-refractivity contribution < 1.29 is 9.47 Å². The van der Waals surface area contributed by atoms with Gasteiger partial charge in [0.05, 0.1) is 18.4 Å². The molecule has 0 aliphatic heterocycles. The smallest absolute Gasteiger partial charge is 0.138 e. The summed E-state index contributed by atoms with van der Waals surface area (Å²) in [6.45, 7) is 8.63. The molecule has 1 aromatic rings. The molecule has 0 unspecified atom stereocenters. The third kappa shape index (κ3) is 6.62. The van der Waals surface area contributed by atoms with E-state index in [0.717, 1.165) is 43.0 Å². The molecule has 0 spiro atoms. The summed E-state index contributed by atoms with van der Waals surface area (Å²) < 4.78 is 11.6. The van der Waals surface area contributed by atoms with Crippen LogP contribution in [0.25, 0.3) is 0 Å². The van der Waals surface area contributed by atoms with Crippen LogP contribution in [-0.2, 0) is 4.74 Å². The van der Waals surface area contributed by atoms with E-state index in [9.17, 15) is 0 Å². The first-order valence-electron chi connectivity index (χ1n) is 8.80. The Hall–Kier alpha value is -1.53. The first kappa shape index (κ1) is 17.8. The second-order valence-electron chi connectivity index (χ2n) is 6.99. The average Bonchev–Trinajstić information content (AvgIpc) is 2.45. The quantitative estimate of drug-likeness (QED) is 0.544. The lowest BCUT2D eigenvalue weighted by molar-refractivity contribution is -0.0850. The van der Waals surface area contributed by atoms with E-state index in [1.807, 2.05) is 12.1 Å². The number of hydrogen-bond acceptors (Lipinski definition) is 3. The zero-order valence-corrected chi connectivity index (χ0v) is 14.8. The zero-order valence-electron chi connectivity index (χ0n) is 14.8. The molecule has 0 N–H and O–H groups in total. The molecule has 126 valence electrons. The second-order valence-corrected chi connectivity index (χ2v) is 6.99. The molecule has 1 aliphatic carbocycles. The third-order valence-corrected chi connectivity index (χ3v) is 3.85. The van der Waals surface area contributed by atoms with Gasteiger partial charge in [0.2, 0.25) is 0 Å². The first-order chi connectivity index (χ1) is 11.0. The van der Waals surface area contributed by atoms with E-state index >= 15 is 0 Å². The normalized spacial score (nSPS) is 20.1. The second kappa shape index (κ2) is 8.93. The van der Waals surface area contributed by atoms with Crippen LogP contribution in [0.15, 0.2) is 18.3 Å². The Morgan fingerprint density at radius 3 is 2.57 bits per heavy atom. The Bertz CT molecular complexity index is 519. The summed E-state index contributed by atoms with van der Waals surface area (Å²) in [6.07, 6.45) is 7.95. The van der Waals surface area contributed by atoms with Gasteiger partial charge < -0.3 is 9.47 Å². The van der Waals surface area contributed by atoms with Crippen molar-refractivity contribution in [3.63, 3.8) is 0 Å². The van der Waals surface area contributed by atoms with Crippen molar-refractivity contribution in [1.82, 2.24) is 4.98 Å². The van der Waals surface area contributed by atoms with Crippen molar-refractivity contribution >= 4 is 0 Å². The molecule has 2 rings (SSSR count). The van der Waals surface area contributed by atoms with Gasteiger partial charge in [-0.2, -0.15) is 0 Å². The van der Waals surface area contributed by atoms with Crippen LogP contribution in [-0.4, -0.2) is 23.3 Å². The molecule has 1 saturated carbocycles. The Kier molecular flexibility index (Phi) is 6.92. The Balaban J connectivity index is 1.70. The monoisotopic (exact) mass is 315 g/mol. The maximum absolute atomic E-state index is 5.90. The van der Waals surface area contributed by atoms with Crippen molar-refractivity contribution in [2.75, 3.05) is 0 Å². The molecule has 3 nitrogen and oxygen atoms in total. The van der Waals surface area contributed by atoms with Gasteiger partial charge in [-0.3, -0.25) is 0 Å². The highest BCUT2D eigenvalue weighted by Gasteiger charge is 2.32. The Labute approximate surface area is 140 Å². The summed E-state index contributed by atoms with van der Waals surface area (Å²) in [7, 11) is 0. The predicted molar refractivity (Wildman–Crippen MR) is 93.5 cm³/mol. The van der Waals surface area contributed by atoms with Gasteiger partial charge in [0.1, 0.15) is 17.5 Å². The minimum Gasteiger partial charge on any atom is -0.489 e. The third-order valence-electron chi connectivity index (χ3n) is 3.85. The van der Waals surface area contributed by atoms with Crippen molar-refractivity contribution in [2.24, 2.45) is 5.92 Å². The molecule has 0 bridgehead atoms. The molecule has 1 aliphatic rings. The van der Waals surface area contributed by atoms with Gasteiger partial charge in [0.25, 0.3) is 0 Å². The van der Waals surface area contributed by atoms with Crippen molar-refractivity contribution in [3.8, 4) is 17.6 Å². The van der Waals surface area contributed by atoms with Crippen LogP contribution in [0.5, 0.6) is 5.75 Å². The van der Waals surface area contributed by atoms with Gasteiger partial charge in [0.15, 0.2) is 0 Å². The lowest BCUT2D eigenvalue weighted by atomic mass is 9.92. The summed E-state index contributed by atoms with van der Waals surface area (Å²) in [5.41, 5.74) is 0.816. The molecule has 0 amide bonds. The number of unbranched alkanes of at least 4 members (excludes halogenated alkanes) is 1. The molecule has 0 aromatic carbocycles.